The third-order valence-corrected chi connectivity index (χ3v) is 3.85. The molecular weight excluding hydrogens is 321 g/mol. The van der Waals surface area contributed by atoms with Gasteiger partial charge in [0.25, 0.3) is 0 Å². The van der Waals surface area contributed by atoms with Crippen LogP contribution in [0.4, 0.5) is 15.9 Å². The van der Waals surface area contributed by atoms with Gasteiger partial charge in [0.2, 0.25) is 0 Å². The summed E-state index contributed by atoms with van der Waals surface area (Å²) < 4.78 is 14.6. The van der Waals surface area contributed by atoms with Gasteiger partial charge in [-0.1, -0.05) is 30.3 Å². The summed E-state index contributed by atoms with van der Waals surface area (Å²) in [6.07, 6.45) is 1.39. The topological polar surface area (TPSA) is 75.6 Å². The van der Waals surface area contributed by atoms with E-state index >= 15 is 0 Å². The van der Waals surface area contributed by atoms with E-state index < -0.39 is 0 Å². The first kappa shape index (κ1) is 15.1. The van der Waals surface area contributed by atoms with Crippen LogP contribution in [0.15, 0.2) is 65.7 Å². The number of benzene rings is 2. The molecule has 2 heterocycles. The maximum Gasteiger partial charge on any atom is 0.328 e. The first-order valence-electron chi connectivity index (χ1n) is 7.71. The van der Waals surface area contributed by atoms with Gasteiger partial charge in [-0.15, -0.1) is 0 Å². The fourth-order valence-corrected chi connectivity index (χ4v) is 2.64. The molecule has 6 nitrogen and oxygen atoms in total. The number of fused-ring (bicyclic) bond motifs is 1. The molecule has 0 bridgehead atoms. The smallest absolute Gasteiger partial charge is 0.328 e. The maximum atomic E-state index is 13.0. The van der Waals surface area contributed by atoms with Crippen LogP contribution in [0, 0.1) is 5.82 Å². The zero-order valence-corrected chi connectivity index (χ0v) is 13.1. The number of halogens is 1. The number of imidazole rings is 1. The summed E-state index contributed by atoms with van der Waals surface area (Å²) in [5.74, 6) is 0.140. The molecule has 4 rings (SSSR count). The largest absolute Gasteiger partial charge is 0.338 e. The molecule has 0 aliphatic rings. The molecule has 0 amide bonds. The second kappa shape index (κ2) is 6.20. The van der Waals surface area contributed by atoms with Crippen LogP contribution in [0.25, 0.3) is 11.2 Å². The minimum absolute atomic E-state index is 0.262. The standard InChI is InChI=1S/C18H14FN5O/c19-13-6-8-14(9-7-13)22-16-15-17(21-11-20-16)24(18(25)23-15)10-12-4-2-1-3-5-12/h1-9,11H,10H2,(H,23,25)(H,20,21,22). The first-order chi connectivity index (χ1) is 12.2. The van der Waals surface area contributed by atoms with Gasteiger partial charge < -0.3 is 10.3 Å². The van der Waals surface area contributed by atoms with Crippen LogP contribution in [0.5, 0.6) is 0 Å². The molecule has 2 aromatic heterocycles. The predicted molar refractivity (Wildman–Crippen MR) is 93.4 cm³/mol. The van der Waals surface area contributed by atoms with Gasteiger partial charge in [-0.05, 0) is 29.8 Å². The highest BCUT2D eigenvalue weighted by atomic mass is 19.1. The maximum absolute atomic E-state index is 13.0. The van der Waals surface area contributed by atoms with Gasteiger partial charge in [-0.3, -0.25) is 4.57 Å². The molecule has 0 fully saturated rings. The molecule has 2 N–H and O–H groups in total. The number of hydrogen-bond acceptors (Lipinski definition) is 4. The lowest BCUT2D eigenvalue weighted by Gasteiger charge is -2.07. The Bertz CT molecular complexity index is 1070. The van der Waals surface area contributed by atoms with E-state index in [9.17, 15) is 9.18 Å². The molecule has 0 saturated carbocycles. The highest BCUT2D eigenvalue weighted by molar-refractivity contribution is 5.85. The molecule has 4 aromatic rings. The Kier molecular flexibility index (Phi) is 3.74. The minimum atomic E-state index is -0.319. The summed E-state index contributed by atoms with van der Waals surface area (Å²) in [7, 11) is 0. The van der Waals surface area contributed by atoms with E-state index in [1.807, 2.05) is 30.3 Å². The Hall–Kier alpha value is -3.48. The Morgan fingerprint density at radius 1 is 1.04 bits per heavy atom. The van der Waals surface area contributed by atoms with Gasteiger partial charge in [0.1, 0.15) is 17.7 Å². The van der Waals surface area contributed by atoms with E-state index in [0.717, 1.165) is 5.56 Å². The number of anilines is 2. The SMILES string of the molecule is O=c1[nH]c2c(Nc3ccc(F)cc3)ncnc2n1Cc1ccccc1. The predicted octanol–water partition coefficient (Wildman–Crippen LogP) is 3.05. The van der Waals surface area contributed by atoms with Crippen molar-refractivity contribution in [1.82, 2.24) is 19.5 Å². The normalized spacial score (nSPS) is 10.9. The molecular formula is C18H14FN5O. The quantitative estimate of drug-likeness (QED) is 0.601. The Morgan fingerprint density at radius 3 is 2.56 bits per heavy atom. The molecule has 7 heteroatoms. The number of aromatic amines is 1. The number of hydrogen-bond donors (Lipinski definition) is 2. The third-order valence-electron chi connectivity index (χ3n) is 3.85. The fourth-order valence-electron chi connectivity index (χ4n) is 2.64. The van der Waals surface area contributed by atoms with Crippen LogP contribution in [0.1, 0.15) is 5.56 Å². The molecule has 0 saturated heterocycles. The van der Waals surface area contributed by atoms with Gasteiger partial charge in [0.15, 0.2) is 11.5 Å². The average Bonchev–Trinajstić information content (AvgIpc) is 2.95. The summed E-state index contributed by atoms with van der Waals surface area (Å²) in [6, 6.07) is 15.6. The number of nitrogens with zero attached hydrogens (tertiary/aromatic N) is 3. The van der Waals surface area contributed by atoms with Crippen LogP contribution in [0.2, 0.25) is 0 Å². The van der Waals surface area contributed by atoms with Crippen LogP contribution in [0.3, 0.4) is 0 Å². The Balaban J connectivity index is 1.74. The van der Waals surface area contributed by atoms with Crippen LogP contribution in [-0.2, 0) is 6.54 Å². The van der Waals surface area contributed by atoms with Gasteiger partial charge in [0.05, 0.1) is 6.54 Å². The summed E-state index contributed by atoms with van der Waals surface area (Å²) >= 11 is 0. The van der Waals surface area contributed by atoms with Crippen molar-refractivity contribution in [1.29, 1.82) is 0 Å². The molecule has 0 radical (unpaired) electrons. The molecule has 0 aliphatic heterocycles. The first-order valence-corrected chi connectivity index (χ1v) is 7.71. The lowest BCUT2D eigenvalue weighted by atomic mass is 10.2. The van der Waals surface area contributed by atoms with Crippen molar-refractivity contribution in [2.45, 2.75) is 6.54 Å². The number of aromatic nitrogens is 4. The summed E-state index contributed by atoms with van der Waals surface area (Å²) in [4.78, 5) is 23.6. The van der Waals surface area contributed by atoms with Crippen molar-refractivity contribution in [3.05, 3.63) is 82.8 Å². The van der Waals surface area contributed by atoms with Crippen molar-refractivity contribution in [3.8, 4) is 0 Å². The fraction of sp³-hybridized carbons (Fsp3) is 0.0556. The van der Waals surface area contributed by atoms with E-state index in [1.165, 1.54) is 18.5 Å². The lowest BCUT2D eigenvalue weighted by Crippen LogP contribution is -2.17. The van der Waals surface area contributed by atoms with Crippen molar-refractivity contribution in [2.24, 2.45) is 0 Å². The van der Waals surface area contributed by atoms with Gasteiger partial charge in [-0.25, -0.2) is 19.2 Å². The van der Waals surface area contributed by atoms with E-state index in [-0.39, 0.29) is 11.5 Å². The average molecular weight is 335 g/mol. The Labute approximate surface area is 142 Å². The third kappa shape index (κ3) is 2.99. The zero-order chi connectivity index (χ0) is 17.2. The number of nitrogens with one attached hydrogen (secondary N) is 2. The van der Waals surface area contributed by atoms with E-state index in [2.05, 4.69) is 20.3 Å². The highest BCUT2D eigenvalue weighted by Crippen LogP contribution is 2.21. The molecule has 124 valence electrons. The van der Waals surface area contributed by atoms with E-state index in [1.54, 1.807) is 16.7 Å². The van der Waals surface area contributed by atoms with Crippen molar-refractivity contribution in [2.75, 3.05) is 5.32 Å². The second-order valence-electron chi connectivity index (χ2n) is 5.55. The highest BCUT2D eigenvalue weighted by Gasteiger charge is 2.13. The number of rotatable bonds is 4. The van der Waals surface area contributed by atoms with Crippen LogP contribution < -0.4 is 11.0 Å². The summed E-state index contributed by atoms with van der Waals surface area (Å²) in [5.41, 5.74) is 2.41. The molecule has 2 aromatic carbocycles. The van der Waals surface area contributed by atoms with Gasteiger partial charge >= 0.3 is 5.69 Å². The molecule has 0 spiro atoms. The molecule has 0 atom stereocenters. The summed E-state index contributed by atoms with van der Waals surface area (Å²) in [6.45, 7) is 0.409. The van der Waals surface area contributed by atoms with Crippen LogP contribution >= 0.6 is 0 Å². The van der Waals surface area contributed by atoms with Crippen molar-refractivity contribution >= 4 is 22.7 Å². The van der Waals surface area contributed by atoms with Gasteiger partial charge in [0, 0.05) is 5.69 Å². The van der Waals surface area contributed by atoms with Crippen LogP contribution in [-0.4, -0.2) is 19.5 Å². The van der Waals surface area contributed by atoms with Gasteiger partial charge in [-0.2, -0.15) is 0 Å². The Morgan fingerprint density at radius 2 is 1.80 bits per heavy atom. The van der Waals surface area contributed by atoms with Crippen molar-refractivity contribution in [3.63, 3.8) is 0 Å². The van der Waals surface area contributed by atoms with E-state index in [0.29, 0.717) is 29.2 Å². The minimum Gasteiger partial charge on any atom is -0.338 e. The molecule has 0 aliphatic carbocycles. The molecule has 25 heavy (non-hydrogen) atoms. The van der Waals surface area contributed by atoms with Crippen molar-refractivity contribution < 1.29 is 4.39 Å². The number of H-pyrrole nitrogens is 1. The second-order valence-corrected chi connectivity index (χ2v) is 5.55. The molecule has 0 unspecified atom stereocenters. The monoisotopic (exact) mass is 335 g/mol. The van der Waals surface area contributed by atoms with E-state index in [4.69, 9.17) is 0 Å². The zero-order valence-electron chi connectivity index (χ0n) is 13.1. The lowest BCUT2D eigenvalue weighted by molar-refractivity contribution is 0.628. The summed E-state index contributed by atoms with van der Waals surface area (Å²) in [5, 5.41) is 3.08.